The van der Waals surface area contributed by atoms with Crippen LogP contribution in [0.5, 0.6) is 0 Å². The minimum Gasteiger partial charge on any atom is -0.341 e. The second-order valence-electron chi connectivity index (χ2n) is 6.02. The number of rotatable bonds is 3. The van der Waals surface area contributed by atoms with Crippen molar-refractivity contribution in [3.05, 3.63) is 25.1 Å². The topological polar surface area (TPSA) is 90.2 Å². The molecule has 9 heteroatoms. The number of nitro groups is 1. The van der Waals surface area contributed by atoms with Crippen LogP contribution in [0.15, 0.2) is 15.0 Å². The van der Waals surface area contributed by atoms with Gasteiger partial charge >= 0.3 is 5.69 Å². The lowest BCUT2D eigenvalue weighted by atomic mass is 10.2. The van der Waals surface area contributed by atoms with Crippen LogP contribution in [0.3, 0.4) is 0 Å². The Hall–Kier alpha value is -1.19. The Morgan fingerprint density at radius 3 is 2.70 bits per heavy atom. The molecule has 0 saturated carbocycles. The van der Waals surface area contributed by atoms with Crippen molar-refractivity contribution >= 4 is 54.5 Å². The highest BCUT2D eigenvalue weighted by Crippen LogP contribution is 2.41. The molecule has 3 rings (SSSR count). The third-order valence-corrected chi connectivity index (χ3v) is 6.00. The zero-order chi connectivity index (χ0) is 16.9. The number of nitrogens with two attached hydrogens (primary N) is 1. The lowest BCUT2D eigenvalue weighted by Gasteiger charge is -2.21. The minimum atomic E-state index is -0.395. The first-order valence-corrected chi connectivity index (χ1v) is 8.94. The first-order chi connectivity index (χ1) is 10.8. The predicted molar refractivity (Wildman–Crippen MR) is 97.0 cm³/mol. The van der Waals surface area contributed by atoms with Gasteiger partial charge in [0.25, 0.3) is 0 Å². The Bertz CT molecular complexity index is 789. The van der Waals surface area contributed by atoms with Gasteiger partial charge in [0.1, 0.15) is 4.47 Å². The highest BCUT2D eigenvalue weighted by atomic mass is 79.9. The van der Waals surface area contributed by atoms with Gasteiger partial charge in [-0.25, -0.2) is 4.98 Å². The zero-order valence-corrected chi connectivity index (χ0v) is 16.0. The minimum absolute atomic E-state index is 0.0153. The molecule has 0 bridgehead atoms. The molecule has 1 aromatic heterocycles. The monoisotopic (exact) mass is 445 g/mol. The van der Waals surface area contributed by atoms with E-state index in [1.807, 2.05) is 24.5 Å². The van der Waals surface area contributed by atoms with E-state index < -0.39 is 4.92 Å². The summed E-state index contributed by atoms with van der Waals surface area (Å²) in [6.07, 6.45) is 0.900. The Morgan fingerprint density at radius 2 is 2.17 bits per heavy atom. The van der Waals surface area contributed by atoms with Crippen LogP contribution in [0.2, 0.25) is 0 Å². The van der Waals surface area contributed by atoms with Crippen LogP contribution in [-0.4, -0.2) is 33.6 Å². The molecule has 1 aliphatic rings. The maximum Gasteiger partial charge on any atom is 0.312 e. The summed E-state index contributed by atoms with van der Waals surface area (Å²) in [5, 5.41) is 11.5. The Labute approximate surface area is 150 Å². The number of imidazole rings is 1. The predicted octanol–water partition coefficient (Wildman–Crippen LogP) is 3.59. The molecule has 2 heterocycles. The maximum atomic E-state index is 11.5. The Kier molecular flexibility index (Phi) is 4.37. The summed E-state index contributed by atoms with van der Waals surface area (Å²) in [4.78, 5) is 17.9. The Morgan fingerprint density at radius 1 is 1.48 bits per heavy atom. The summed E-state index contributed by atoms with van der Waals surface area (Å²) < 4.78 is 3.09. The molecule has 1 aliphatic heterocycles. The number of anilines is 1. The van der Waals surface area contributed by atoms with E-state index in [2.05, 4.69) is 41.7 Å². The zero-order valence-electron chi connectivity index (χ0n) is 12.8. The smallest absolute Gasteiger partial charge is 0.312 e. The third-order valence-electron chi connectivity index (χ3n) is 4.04. The molecule has 124 valence electrons. The molecule has 0 amide bonds. The van der Waals surface area contributed by atoms with Crippen LogP contribution in [0.4, 0.5) is 11.6 Å². The number of nitrogens with zero attached hydrogens (tertiary/aromatic N) is 4. The van der Waals surface area contributed by atoms with Gasteiger partial charge in [0, 0.05) is 29.6 Å². The van der Waals surface area contributed by atoms with Crippen molar-refractivity contribution in [2.45, 2.75) is 32.4 Å². The van der Waals surface area contributed by atoms with E-state index >= 15 is 0 Å². The first kappa shape index (κ1) is 16.7. The van der Waals surface area contributed by atoms with Crippen LogP contribution >= 0.6 is 31.9 Å². The van der Waals surface area contributed by atoms with Gasteiger partial charge in [-0.1, -0.05) is 0 Å². The van der Waals surface area contributed by atoms with Crippen molar-refractivity contribution < 1.29 is 4.92 Å². The largest absolute Gasteiger partial charge is 0.341 e. The highest BCUT2D eigenvalue weighted by molar-refractivity contribution is 9.13. The third kappa shape index (κ3) is 2.74. The van der Waals surface area contributed by atoms with Crippen LogP contribution < -0.4 is 10.6 Å². The molecular formula is C14H17Br2N5O2. The summed E-state index contributed by atoms with van der Waals surface area (Å²) in [6, 6.07) is 2.11. The number of hydrogen-bond donors (Lipinski definition) is 1. The molecule has 0 aliphatic carbocycles. The molecule has 1 saturated heterocycles. The number of hydrogen-bond acceptors (Lipinski definition) is 5. The molecule has 0 spiro atoms. The van der Waals surface area contributed by atoms with Crippen LogP contribution in [0.1, 0.15) is 26.3 Å². The number of benzene rings is 1. The van der Waals surface area contributed by atoms with Crippen LogP contribution in [-0.2, 0) is 0 Å². The summed E-state index contributed by atoms with van der Waals surface area (Å²) in [5.41, 5.74) is 7.14. The quantitative estimate of drug-likeness (QED) is 0.574. The SMILES string of the molecule is CC(C)n1c(N2CC[C@H](N)C2)nc2c([N+](=O)[O-])c(Br)c(Br)cc21. The average Bonchev–Trinajstić information content (AvgIpc) is 3.02. The summed E-state index contributed by atoms with van der Waals surface area (Å²) in [6.45, 7) is 5.62. The molecule has 2 N–H and O–H groups in total. The lowest BCUT2D eigenvalue weighted by Crippen LogP contribution is -2.28. The van der Waals surface area contributed by atoms with E-state index in [-0.39, 0.29) is 17.8 Å². The summed E-state index contributed by atoms with van der Waals surface area (Å²) in [7, 11) is 0. The van der Waals surface area contributed by atoms with E-state index in [1.165, 1.54) is 0 Å². The van der Waals surface area contributed by atoms with Crippen molar-refractivity contribution in [3.8, 4) is 0 Å². The van der Waals surface area contributed by atoms with Crippen LogP contribution in [0.25, 0.3) is 11.0 Å². The number of aromatic nitrogens is 2. The van der Waals surface area contributed by atoms with Gasteiger partial charge in [-0.2, -0.15) is 0 Å². The fraction of sp³-hybridized carbons (Fsp3) is 0.500. The van der Waals surface area contributed by atoms with Gasteiger partial charge < -0.3 is 15.2 Å². The van der Waals surface area contributed by atoms with E-state index in [4.69, 9.17) is 5.73 Å². The van der Waals surface area contributed by atoms with Crippen molar-refractivity contribution in [3.63, 3.8) is 0 Å². The van der Waals surface area contributed by atoms with Crippen molar-refractivity contribution in [2.75, 3.05) is 18.0 Å². The molecule has 1 atom stereocenters. The fourth-order valence-corrected chi connectivity index (χ4v) is 3.86. The molecule has 1 fully saturated rings. The number of halogens is 2. The second-order valence-corrected chi connectivity index (χ2v) is 7.66. The molecule has 23 heavy (non-hydrogen) atoms. The normalized spacial score (nSPS) is 18.3. The molecule has 2 aromatic rings. The Balaban J connectivity index is 2.31. The van der Waals surface area contributed by atoms with E-state index in [1.54, 1.807) is 0 Å². The standard InChI is InChI=1S/C14H17Br2N5O2/c1-7(2)20-10-5-9(15)11(16)13(21(22)23)12(10)18-14(20)19-4-3-8(17)6-19/h5,7-8H,3-4,6,17H2,1-2H3/t8-/m0/s1. The number of fused-ring (bicyclic) bond motifs is 1. The van der Waals surface area contributed by atoms with Gasteiger partial charge in [-0.15, -0.1) is 0 Å². The summed E-state index contributed by atoms with van der Waals surface area (Å²) >= 11 is 6.69. The molecular weight excluding hydrogens is 430 g/mol. The number of nitro benzene ring substituents is 1. The fourth-order valence-electron chi connectivity index (χ4n) is 3.01. The lowest BCUT2D eigenvalue weighted by molar-refractivity contribution is -0.384. The van der Waals surface area contributed by atoms with Gasteiger partial charge in [0.2, 0.25) is 5.95 Å². The average molecular weight is 447 g/mol. The van der Waals surface area contributed by atoms with E-state index in [0.29, 0.717) is 21.0 Å². The first-order valence-electron chi connectivity index (χ1n) is 7.36. The molecule has 0 unspecified atom stereocenters. The summed E-state index contributed by atoms with van der Waals surface area (Å²) in [5.74, 6) is 0.746. The van der Waals surface area contributed by atoms with Gasteiger partial charge in [0.15, 0.2) is 5.52 Å². The highest BCUT2D eigenvalue weighted by Gasteiger charge is 2.30. The van der Waals surface area contributed by atoms with E-state index in [9.17, 15) is 10.1 Å². The van der Waals surface area contributed by atoms with Crippen LogP contribution in [0, 0.1) is 10.1 Å². The molecule has 1 aromatic carbocycles. The van der Waals surface area contributed by atoms with Crippen molar-refractivity contribution in [2.24, 2.45) is 5.73 Å². The van der Waals surface area contributed by atoms with Gasteiger partial charge in [-0.3, -0.25) is 10.1 Å². The van der Waals surface area contributed by atoms with E-state index in [0.717, 1.165) is 24.4 Å². The van der Waals surface area contributed by atoms with Gasteiger partial charge in [0.05, 0.1) is 10.4 Å². The molecule has 7 nitrogen and oxygen atoms in total. The van der Waals surface area contributed by atoms with Crippen molar-refractivity contribution in [1.82, 2.24) is 9.55 Å². The van der Waals surface area contributed by atoms with Crippen molar-refractivity contribution in [1.29, 1.82) is 0 Å². The second kappa shape index (κ2) is 6.03. The van der Waals surface area contributed by atoms with Gasteiger partial charge in [-0.05, 0) is 58.2 Å². The maximum absolute atomic E-state index is 11.5. The molecule has 0 radical (unpaired) electrons.